The molecule has 0 saturated heterocycles. The minimum Gasteiger partial charge on any atom is -0.229 e. The molecule has 0 aromatic heterocycles. The summed E-state index contributed by atoms with van der Waals surface area (Å²) in [6, 6.07) is 0. The van der Waals surface area contributed by atoms with E-state index in [1.807, 2.05) is 6.08 Å². The van der Waals surface area contributed by atoms with E-state index in [1.54, 1.807) is 13.8 Å². The number of sulfone groups is 1. The maximum absolute atomic E-state index is 11.5. The zero-order valence-electron chi connectivity index (χ0n) is 8.66. The fraction of sp³-hybridized carbons (Fsp3) is 0.800. The Hall–Kier alpha value is -0.0200. The van der Waals surface area contributed by atoms with E-state index in [9.17, 15) is 8.42 Å². The monoisotopic (exact) mass is 236 g/mol. The van der Waals surface area contributed by atoms with Crippen molar-refractivity contribution in [3.63, 3.8) is 0 Å². The number of rotatable bonds is 4. The standard InChI is InChI=1S/C10H17ClO2S/c1-8(2)14(12,13)6-5-9-3-4-10(11)7-9/h7-8,10H,3-6H2,1-2H3. The van der Waals surface area contributed by atoms with Crippen molar-refractivity contribution in [1.82, 2.24) is 0 Å². The molecule has 0 heterocycles. The number of hydrogen-bond acceptors (Lipinski definition) is 2. The second-order valence-corrected chi connectivity index (χ2v) is 7.28. The summed E-state index contributed by atoms with van der Waals surface area (Å²) in [5, 5.41) is -0.150. The smallest absolute Gasteiger partial charge is 0.152 e. The normalized spacial score (nSPS) is 22.9. The van der Waals surface area contributed by atoms with Crippen molar-refractivity contribution in [1.29, 1.82) is 0 Å². The van der Waals surface area contributed by atoms with Gasteiger partial charge in [0.05, 0.1) is 16.4 Å². The Morgan fingerprint density at radius 3 is 2.64 bits per heavy atom. The van der Waals surface area contributed by atoms with Gasteiger partial charge in [0.25, 0.3) is 0 Å². The van der Waals surface area contributed by atoms with Gasteiger partial charge in [-0.2, -0.15) is 0 Å². The Bertz CT molecular complexity index is 317. The maximum atomic E-state index is 11.5. The Balaban J connectivity index is 2.45. The highest BCUT2D eigenvalue weighted by atomic mass is 35.5. The van der Waals surface area contributed by atoms with Gasteiger partial charge in [-0.25, -0.2) is 8.42 Å². The van der Waals surface area contributed by atoms with E-state index in [0.717, 1.165) is 12.8 Å². The van der Waals surface area contributed by atoms with Gasteiger partial charge in [-0.15, -0.1) is 11.6 Å². The predicted octanol–water partition coefficient (Wildman–Crippen LogP) is 2.53. The lowest BCUT2D eigenvalue weighted by Crippen LogP contribution is -2.17. The highest BCUT2D eigenvalue weighted by Crippen LogP contribution is 2.25. The van der Waals surface area contributed by atoms with Gasteiger partial charge in [-0.05, 0) is 33.1 Å². The highest BCUT2D eigenvalue weighted by Gasteiger charge is 2.19. The van der Waals surface area contributed by atoms with Crippen LogP contribution in [0.15, 0.2) is 11.6 Å². The lowest BCUT2D eigenvalue weighted by Gasteiger charge is -2.07. The van der Waals surface area contributed by atoms with Crippen LogP contribution in [0.25, 0.3) is 0 Å². The van der Waals surface area contributed by atoms with Gasteiger partial charge in [0.2, 0.25) is 0 Å². The van der Waals surface area contributed by atoms with E-state index in [1.165, 1.54) is 5.57 Å². The molecule has 0 radical (unpaired) electrons. The highest BCUT2D eigenvalue weighted by molar-refractivity contribution is 7.91. The quantitative estimate of drug-likeness (QED) is 0.555. The molecule has 1 unspecified atom stereocenters. The van der Waals surface area contributed by atoms with Crippen LogP contribution in [0, 0.1) is 0 Å². The Morgan fingerprint density at radius 2 is 2.21 bits per heavy atom. The molecule has 0 fully saturated rings. The van der Waals surface area contributed by atoms with Crippen molar-refractivity contribution in [2.24, 2.45) is 0 Å². The van der Waals surface area contributed by atoms with Crippen LogP contribution < -0.4 is 0 Å². The summed E-state index contributed by atoms with van der Waals surface area (Å²) < 4.78 is 23.0. The van der Waals surface area contributed by atoms with E-state index < -0.39 is 9.84 Å². The van der Waals surface area contributed by atoms with E-state index in [4.69, 9.17) is 11.6 Å². The molecule has 0 spiro atoms. The third kappa shape index (κ3) is 3.28. The van der Waals surface area contributed by atoms with Crippen LogP contribution >= 0.6 is 11.6 Å². The SMILES string of the molecule is CC(C)S(=O)(=O)CCC1=CC(Cl)CC1. The van der Waals surface area contributed by atoms with Crippen molar-refractivity contribution >= 4 is 21.4 Å². The summed E-state index contributed by atoms with van der Waals surface area (Å²) in [5.74, 6) is 0.264. The Kier molecular flexibility index (Phi) is 4.02. The van der Waals surface area contributed by atoms with Gasteiger partial charge < -0.3 is 0 Å². The molecular weight excluding hydrogens is 220 g/mol. The van der Waals surface area contributed by atoms with Crippen LogP contribution in [-0.2, 0) is 9.84 Å². The van der Waals surface area contributed by atoms with Crippen LogP contribution in [0.4, 0.5) is 0 Å². The predicted molar refractivity (Wildman–Crippen MR) is 60.5 cm³/mol. The van der Waals surface area contributed by atoms with Crippen molar-refractivity contribution in [3.8, 4) is 0 Å². The topological polar surface area (TPSA) is 34.1 Å². The molecule has 1 atom stereocenters. The Labute approximate surface area is 91.3 Å². The lowest BCUT2D eigenvalue weighted by molar-refractivity contribution is 0.586. The Morgan fingerprint density at radius 1 is 1.57 bits per heavy atom. The molecule has 1 rings (SSSR count). The van der Waals surface area contributed by atoms with Gasteiger partial charge >= 0.3 is 0 Å². The second kappa shape index (κ2) is 4.67. The first-order valence-corrected chi connectivity index (χ1v) is 7.12. The molecule has 2 nitrogen and oxygen atoms in total. The molecule has 0 aromatic carbocycles. The fourth-order valence-corrected chi connectivity index (χ4v) is 2.77. The van der Waals surface area contributed by atoms with Crippen LogP contribution in [0.1, 0.15) is 33.1 Å². The van der Waals surface area contributed by atoms with E-state index in [2.05, 4.69) is 0 Å². The maximum Gasteiger partial charge on any atom is 0.152 e. The van der Waals surface area contributed by atoms with Gasteiger partial charge in [0.1, 0.15) is 0 Å². The van der Waals surface area contributed by atoms with Crippen molar-refractivity contribution < 1.29 is 8.42 Å². The first-order chi connectivity index (χ1) is 6.42. The van der Waals surface area contributed by atoms with Crippen LogP contribution in [0.3, 0.4) is 0 Å². The molecule has 82 valence electrons. The average Bonchev–Trinajstić information content (AvgIpc) is 2.48. The molecule has 0 saturated carbocycles. The van der Waals surface area contributed by atoms with E-state index >= 15 is 0 Å². The van der Waals surface area contributed by atoms with Crippen molar-refractivity contribution in [3.05, 3.63) is 11.6 Å². The molecule has 14 heavy (non-hydrogen) atoms. The van der Waals surface area contributed by atoms with Crippen molar-refractivity contribution in [2.45, 2.75) is 43.7 Å². The summed E-state index contributed by atoms with van der Waals surface area (Å²) in [7, 11) is -2.89. The minimum absolute atomic E-state index is 0.117. The zero-order chi connectivity index (χ0) is 10.8. The fourth-order valence-electron chi connectivity index (χ4n) is 1.46. The van der Waals surface area contributed by atoms with E-state index in [-0.39, 0.29) is 16.4 Å². The number of alkyl halides is 1. The molecule has 4 heteroatoms. The zero-order valence-corrected chi connectivity index (χ0v) is 10.2. The van der Waals surface area contributed by atoms with Gasteiger partial charge in [-0.1, -0.05) is 11.6 Å². The number of halogens is 1. The summed E-state index contributed by atoms with van der Waals surface area (Å²) in [6.07, 6.45) is 4.57. The second-order valence-electron chi connectivity index (χ2n) is 4.05. The molecule has 0 aliphatic heterocycles. The molecule has 0 aromatic rings. The van der Waals surface area contributed by atoms with Crippen LogP contribution in [-0.4, -0.2) is 24.8 Å². The van der Waals surface area contributed by atoms with Crippen molar-refractivity contribution in [2.75, 3.05) is 5.75 Å². The average molecular weight is 237 g/mol. The summed E-state index contributed by atoms with van der Waals surface area (Å²) in [5.41, 5.74) is 1.20. The van der Waals surface area contributed by atoms with Crippen LogP contribution in [0.5, 0.6) is 0 Å². The third-order valence-corrected chi connectivity index (χ3v) is 5.14. The molecule has 1 aliphatic carbocycles. The summed E-state index contributed by atoms with van der Waals surface area (Å²) >= 11 is 5.89. The van der Waals surface area contributed by atoms with Crippen LogP contribution in [0.2, 0.25) is 0 Å². The first-order valence-electron chi connectivity index (χ1n) is 4.97. The van der Waals surface area contributed by atoms with Gasteiger partial charge in [0, 0.05) is 0 Å². The largest absolute Gasteiger partial charge is 0.229 e. The van der Waals surface area contributed by atoms with Gasteiger partial charge in [-0.3, -0.25) is 0 Å². The molecule has 0 bridgehead atoms. The molecule has 1 aliphatic rings. The third-order valence-electron chi connectivity index (χ3n) is 2.58. The minimum atomic E-state index is -2.89. The summed E-state index contributed by atoms with van der Waals surface area (Å²) in [6.45, 7) is 3.45. The molecule has 0 amide bonds. The van der Waals surface area contributed by atoms with Gasteiger partial charge in [0.15, 0.2) is 9.84 Å². The molecular formula is C10H17ClO2S. The number of hydrogen-bond donors (Lipinski definition) is 0. The summed E-state index contributed by atoms with van der Waals surface area (Å²) in [4.78, 5) is 0. The number of allylic oxidation sites excluding steroid dienone is 2. The first kappa shape index (κ1) is 12.1. The lowest BCUT2D eigenvalue weighted by atomic mass is 10.2. The van der Waals surface area contributed by atoms with E-state index in [0.29, 0.717) is 6.42 Å². The molecule has 0 N–H and O–H groups in total.